The van der Waals surface area contributed by atoms with Crippen molar-refractivity contribution in [3.05, 3.63) is 40.8 Å². The molecule has 2 aromatic heterocycles. The van der Waals surface area contributed by atoms with Crippen molar-refractivity contribution in [1.29, 1.82) is 0 Å². The standard InChI is InChI=1S/C8H7N5O2/c9-8-10-1-2-13(8)7(15)5-3-12-6(14)4-11-5/h1-4H,(H2,9,10)(H,12,14). The number of nitrogens with one attached hydrogen (secondary N) is 1. The Morgan fingerprint density at radius 2 is 2.27 bits per heavy atom. The Kier molecular flexibility index (Phi) is 2.05. The Bertz CT molecular complexity index is 536. The zero-order valence-electron chi connectivity index (χ0n) is 7.54. The normalized spacial score (nSPS) is 10.1. The minimum absolute atomic E-state index is 0.0769. The second kappa shape index (κ2) is 3.37. The van der Waals surface area contributed by atoms with Crippen LogP contribution in [0, 0.1) is 0 Å². The van der Waals surface area contributed by atoms with Crippen LogP contribution in [0.1, 0.15) is 10.5 Å². The van der Waals surface area contributed by atoms with E-state index in [0.717, 1.165) is 10.8 Å². The molecule has 76 valence electrons. The second-order valence-electron chi connectivity index (χ2n) is 2.76. The number of carbonyl (C=O) groups excluding carboxylic acids is 1. The molecule has 15 heavy (non-hydrogen) atoms. The summed E-state index contributed by atoms with van der Waals surface area (Å²) in [4.78, 5) is 32.1. The van der Waals surface area contributed by atoms with Crippen molar-refractivity contribution < 1.29 is 4.79 Å². The maximum atomic E-state index is 11.7. The molecule has 0 spiro atoms. The molecule has 7 nitrogen and oxygen atoms in total. The van der Waals surface area contributed by atoms with Crippen LogP contribution in [-0.4, -0.2) is 25.4 Å². The molecule has 7 heteroatoms. The average molecular weight is 205 g/mol. The van der Waals surface area contributed by atoms with Crippen molar-refractivity contribution >= 4 is 11.9 Å². The number of nitrogen functional groups attached to an aromatic ring is 1. The van der Waals surface area contributed by atoms with Crippen LogP contribution in [-0.2, 0) is 0 Å². The lowest BCUT2D eigenvalue weighted by Gasteiger charge is -2.00. The van der Waals surface area contributed by atoms with Crippen LogP contribution < -0.4 is 11.3 Å². The van der Waals surface area contributed by atoms with Gasteiger partial charge in [-0.25, -0.2) is 9.97 Å². The van der Waals surface area contributed by atoms with Crippen LogP contribution in [0.3, 0.4) is 0 Å². The molecule has 0 bridgehead atoms. The molecule has 0 aliphatic carbocycles. The molecule has 2 aromatic rings. The molecule has 0 saturated heterocycles. The summed E-state index contributed by atoms with van der Waals surface area (Å²) in [6, 6.07) is 0. The maximum Gasteiger partial charge on any atom is 0.284 e. The van der Waals surface area contributed by atoms with Gasteiger partial charge in [0, 0.05) is 18.6 Å². The van der Waals surface area contributed by atoms with E-state index < -0.39 is 5.91 Å². The average Bonchev–Trinajstić information content (AvgIpc) is 2.65. The van der Waals surface area contributed by atoms with Crippen LogP contribution in [0.25, 0.3) is 0 Å². The number of nitrogens with zero attached hydrogens (tertiary/aromatic N) is 3. The second-order valence-corrected chi connectivity index (χ2v) is 2.76. The summed E-state index contributed by atoms with van der Waals surface area (Å²) in [6.07, 6.45) is 5.08. The lowest BCUT2D eigenvalue weighted by Crippen LogP contribution is -2.17. The molecule has 0 aromatic carbocycles. The summed E-state index contributed by atoms with van der Waals surface area (Å²) in [5.74, 6) is -0.366. The smallest absolute Gasteiger partial charge is 0.284 e. The van der Waals surface area contributed by atoms with E-state index in [1.807, 2.05) is 0 Å². The van der Waals surface area contributed by atoms with Gasteiger partial charge in [0.15, 0.2) is 0 Å². The van der Waals surface area contributed by atoms with E-state index in [4.69, 9.17) is 5.73 Å². The van der Waals surface area contributed by atoms with Gasteiger partial charge in [0.25, 0.3) is 11.5 Å². The number of H-pyrrole nitrogens is 1. The molecule has 0 aliphatic heterocycles. The molecule has 0 saturated carbocycles. The highest BCUT2D eigenvalue weighted by Gasteiger charge is 2.12. The predicted octanol–water partition coefficient (Wildman–Crippen LogP) is -0.763. The van der Waals surface area contributed by atoms with E-state index in [9.17, 15) is 9.59 Å². The van der Waals surface area contributed by atoms with Gasteiger partial charge >= 0.3 is 0 Å². The van der Waals surface area contributed by atoms with Gasteiger partial charge in [-0.05, 0) is 0 Å². The highest BCUT2D eigenvalue weighted by molar-refractivity contribution is 5.95. The van der Waals surface area contributed by atoms with E-state index in [0.29, 0.717) is 0 Å². The van der Waals surface area contributed by atoms with Gasteiger partial charge in [0.2, 0.25) is 5.95 Å². The minimum Gasteiger partial charge on any atom is -0.369 e. The summed E-state index contributed by atoms with van der Waals surface area (Å²) in [5.41, 5.74) is 5.17. The number of anilines is 1. The molecule has 0 aliphatic rings. The fraction of sp³-hybridized carbons (Fsp3) is 0. The number of aromatic nitrogens is 4. The van der Waals surface area contributed by atoms with Crippen LogP contribution in [0.4, 0.5) is 5.95 Å². The van der Waals surface area contributed by atoms with Gasteiger partial charge in [-0.2, -0.15) is 0 Å². The first-order valence-electron chi connectivity index (χ1n) is 4.07. The van der Waals surface area contributed by atoms with E-state index in [-0.39, 0.29) is 17.2 Å². The van der Waals surface area contributed by atoms with Crippen molar-refractivity contribution in [2.24, 2.45) is 0 Å². The summed E-state index contributed by atoms with van der Waals surface area (Å²) in [6.45, 7) is 0. The van der Waals surface area contributed by atoms with E-state index in [1.165, 1.54) is 18.6 Å². The Labute approximate surface area is 83.6 Å². The molecule has 0 amide bonds. The first kappa shape index (κ1) is 9.13. The number of rotatable bonds is 1. The van der Waals surface area contributed by atoms with Crippen molar-refractivity contribution in [1.82, 2.24) is 19.5 Å². The number of aromatic amines is 1. The monoisotopic (exact) mass is 205 g/mol. The number of carbonyl (C=O) groups is 1. The summed E-state index contributed by atoms with van der Waals surface area (Å²) in [7, 11) is 0. The molecule has 2 heterocycles. The van der Waals surface area contributed by atoms with Gasteiger partial charge in [0.05, 0.1) is 6.20 Å². The van der Waals surface area contributed by atoms with Crippen molar-refractivity contribution in [3.8, 4) is 0 Å². The zero-order chi connectivity index (χ0) is 10.8. The van der Waals surface area contributed by atoms with Gasteiger partial charge < -0.3 is 10.7 Å². The minimum atomic E-state index is -0.443. The fourth-order valence-electron chi connectivity index (χ4n) is 1.07. The Hall–Kier alpha value is -2.44. The molecule has 2 rings (SSSR count). The Balaban J connectivity index is 2.41. The first-order chi connectivity index (χ1) is 7.18. The molecule has 0 atom stereocenters. The molecule has 3 N–H and O–H groups in total. The third kappa shape index (κ3) is 1.62. The maximum absolute atomic E-state index is 11.7. The van der Waals surface area contributed by atoms with Gasteiger partial charge in [-0.3, -0.25) is 14.2 Å². The van der Waals surface area contributed by atoms with Crippen LogP contribution in [0.15, 0.2) is 29.6 Å². The summed E-state index contributed by atoms with van der Waals surface area (Å²) >= 11 is 0. The molecular formula is C8H7N5O2. The molecule has 0 fully saturated rings. The largest absolute Gasteiger partial charge is 0.369 e. The molecule has 0 unspecified atom stereocenters. The highest BCUT2D eigenvalue weighted by atomic mass is 16.2. The van der Waals surface area contributed by atoms with Crippen LogP contribution in [0.5, 0.6) is 0 Å². The third-order valence-corrected chi connectivity index (χ3v) is 1.78. The third-order valence-electron chi connectivity index (χ3n) is 1.78. The van der Waals surface area contributed by atoms with Gasteiger partial charge in [0.1, 0.15) is 5.69 Å². The molecule has 0 radical (unpaired) electrons. The van der Waals surface area contributed by atoms with Crippen molar-refractivity contribution in [2.45, 2.75) is 0 Å². The van der Waals surface area contributed by atoms with Crippen molar-refractivity contribution in [2.75, 3.05) is 5.73 Å². The van der Waals surface area contributed by atoms with Gasteiger partial charge in [-0.1, -0.05) is 0 Å². The number of imidazole rings is 1. The number of nitrogens with two attached hydrogens (primary N) is 1. The molecular weight excluding hydrogens is 198 g/mol. The number of hydrogen-bond donors (Lipinski definition) is 2. The van der Waals surface area contributed by atoms with Gasteiger partial charge in [-0.15, -0.1) is 0 Å². The quantitative estimate of drug-likeness (QED) is 0.636. The van der Waals surface area contributed by atoms with E-state index >= 15 is 0 Å². The first-order valence-corrected chi connectivity index (χ1v) is 4.07. The van der Waals surface area contributed by atoms with Crippen molar-refractivity contribution in [3.63, 3.8) is 0 Å². The SMILES string of the molecule is Nc1nccn1C(=O)c1c[nH]c(=O)cn1. The van der Waals surface area contributed by atoms with Crippen LogP contribution in [0.2, 0.25) is 0 Å². The van der Waals surface area contributed by atoms with Crippen LogP contribution >= 0.6 is 0 Å². The Morgan fingerprint density at radius 3 is 2.80 bits per heavy atom. The Morgan fingerprint density at radius 1 is 1.47 bits per heavy atom. The fourth-order valence-corrected chi connectivity index (χ4v) is 1.07. The predicted molar refractivity (Wildman–Crippen MR) is 51.2 cm³/mol. The zero-order valence-corrected chi connectivity index (χ0v) is 7.54. The van der Waals surface area contributed by atoms with E-state index in [1.54, 1.807) is 0 Å². The topological polar surface area (TPSA) is 107 Å². The summed E-state index contributed by atoms with van der Waals surface area (Å²) < 4.78 is 1.14. The highest BCUT2D eigenvalue weighted by Crippen LogP contribution is 2.02. The lowest BCUT2D eigenvalue weighted by atomic mass is 10.4. The summed E-state index contributed by atoms with van der Waals surface area (Å²) in [5, 5.41) is 0. The lowest BCUT2D eigenvalue weighted by molar-refractivity contribution is 0.0957. The van der Waals surface area contributed by atoms with E-state index in [2.05, 4.69) is 15.0 Å². The number of hydrogen-bond acceptors (Lipinski definition) is 5.